The van der Waals surface area contributed by atoms with Crippen molar-refractivity contribution in [1.29, 1.82) is 0 Å². The van der Waals surface area contributed by atoms with Gasteiger partial charge in [0, 0.05) is 5.92 Å². The lowest BCUT2D eigenvalue weighted by molar-refractivity contribution is -0.157. The van der Waals surface area contributed by atoms with Gasteiger partial charge in [0.05, 0.1) is 0 Å². The van der Waals surface area contributed by atoms with Gasteiger partial charge < -0.3 is 9.84 Å². The first-order valence-electron chi connectivity index (χ1n) is 4.97. The minimum absolute atomic E-state index is 0.0174. The number of carbonyl (C=O) groups is 1. The summed E-state index contributed by atoms with van der Waals surface area (Å²) in [7, 11) is 0. The van der Waals surface area contributed by atoms with Crippen LogP contribution >= 0.6 is 0 Å². The highest BCUT2D eigenvalue weighted by Crippen LogP contribution is 2.44. The molecule has 1 N–H and O–H groups in total. The molecular formula is C10H16O3. The van der Waals surface area contributed by atoms with Gasteiger partial charge in [-0.05, 0) is 32.1 Å². The molecule has 1 saturated heterocycles. The number of cyclic esters (lactones) is 1. The van der Waals surface area contributed by atoms with Crippen LogP contribution in [0.1, 0.15) is 33.1 Å². The summed E-state index contributed by atoms with van der Waals surface area (Å²) in [5.74, 6) is 0.211. The molecule has 0 aromatic rings. The highest BCUT2D eigenvalue weighted by molar-refractivity contribution is 5.82. The first kappa shape index (κ1) is 9.00. The van der Waals surface area contributed by atoms with Crippen molar-refractivity contribution < 1.29 is 14.6 Å². The summed E-state index contributed by atoms with van der Waals surface area (Å²) in [5.41, 5.74) is -1.16. The monoisotopic (exact) mass is 184 g/mol. The van der Waals surface area contributed by atoms with Crippen molar-refractivity contribution in [3.63, 3.8) is 0 Å². The third kappa shape index (κ3) is 1.17. The third-order valence-corrected chi connectivity index (χ3v) is 3.50. The third-order valence-electron chi connectivity index (χ3n) is 3.50. The number of rotatable bonds is 0. The molecule has 4 atom stereocenters. The molecule has 2 fully saturated rings. The molecule has 74 valence electrons. The topological polar surface area (TPSA) is 46.5 Å². The molecule has 3 nitrogen and oxygen atoms in total. The van der Waals surface area contributed by atoms with E-state index >= 15 is 0 Å². The molecule has 0 aromatic heterocycles. The van der Waals surface area contributed by atoms with E-state index in [1.54, 1.807) is 0 Å². The summed E-state index contributed by atoms with van der Waals surface area (Å²) in [6.45, 7) is 4.04. The zero-order chi connectivity index (χ0) is 9.64. The minimum Gasteiger partial charge on any atom is -0.460 e. The first-order valence-corrected chi connectivity index (χ1v) is 4.97. The Balaban J connectivity index is 2.25. The highest BCUT2D eigenvalue weighted by atomic mass is 16.6. The van der Waals surface area contributed by atoms with Crippen LogP contribution in [0.15, 0.2) is 0 Å². The largest absolute Gasteiger partial charge is 0.460 e. The SMILES string of the molecule is CC1CCC2(O)C(=O)OC(C)C2C1. The van der Waals surface area contributed by atoms with Gasteiger partial charge in [0.25, 0.3) is 0 Å². The van der Waals surface area contributed by atoms with E-state index in [9.17, 15) is 9.90 Å². The molecule has 0 radical (unpaired) electrons. The summed E-state index contributed by atoms with van der Waals surface area (Å²) in [6, 6.07) is 0. The second-order valence-corrected chi connectivity index (χ2v) is 4.52. The number of ether oxygens (including phenoxy) is 1. The van der Waals surface area contributed by atoms with Gasteiger partial charge >= 0.3 is 5.97 Å². The Hall–Kier alpha value is -0.570. The molecular weight excluding hydrogens is 168 g/mol. The molecule has 0 bridgehead atoms. The van der Waals surface area contributed by atoms with Crippen LogP contribution in [0.4, 0.5) is 0 Å². The van der Waals surface area contributed by atoms with E-state index < -0.39 is 11.6 Å². The van der Waals surface area contributed by atoms with Crippen molar-refractivity contribution >= 4 is 5.97 Å². The predicted molar refractivity (Wildman–Crippen MR) is 47.0 cm³/mol. The van der Waals surface area contributed by atoms with E-state index in [2.05, 4.69) is 6.92 Å². The highest BCUT2D eigenvalue weighted by Gasteiger charge is 2.56. The molecule has 0 aromatic carbocycles. The van der Waals surface area contributed by atoms with E-state index in [1.165, 1.54) is 0 Å². The number of aliphatic hydroxyl groups is 1. The van der Waals surface area contributed by atoms with Crippen molar-refractivity contribution in [3.05, 3.63) is 0 Å². The zero-order valence-electron chi connectivity index (χ0n) is 8.12. The van der Waals surface area contributed by atoms with Gasteiger partial charge in [0.15, 0.2) is 5.60 Å². The molecule has 1 aliphatic carbocycles. The van der Waals surface area contributed by atoms with Crippen LogP contribution in [-0.4, -0.2) is 22.8 Å². The maximum atomic E-state index is 11.4. The Bertz CT molecular complexity index is 238. The van der Waals surface area contributed by atoms with E-state index in [0.29, 0.717) is 12.3 Å². The van der Waals surface area contributed by atoms with Crippen molar-refractivity contribution in [3.8, 4) is 0 Å². The van der Waals surface area contributed by atoms with Crippen molar-refractivity contribution in [2.24, 2.45) is 11.8 Å². The summed E-state index contributed by atoms with van der Waals surface area (Å²) < 4.78 is 5.07. The molecule has 13 heavy (non-hydrogen) atoms. The Morgan fingerprint density at radius 3 is 2.92 bits per heavy atom. The van der Waals surface area contributed by atoms with Gasteiger partial charge in [-0.2, -0.15) is 0 Å². The van der Waals surface area contributed by atoms with Gasteiger partial charge in [0.2, 0.25) is 0 Å². The molecule has 3 heteroatoms. The summed E-state index contributed by atoms with van der Waals surface area (Å²) in [5, 5.41) is 10.1. The van der Waals surface area contributed by atoms with Gasteiger partial charge in [-0.25, -0.2) is 4.79 Å². The maximum absolute atomic E-state index is 11.4. The summed E-state index contributed by atoms with van der Waals surface area (Å²) >= 11 is 0. The Labute approximate surface area is 78.1 Å². The molecule has 1 aliphatic heterocycles. The maximum Gasteiger partial charge on any atom is 0.338 e. The normalized spacial score (nSPS) is 50.1. The molecule has 0 amide bonds. The average molecular weight is 184 g/mol. The van der Waals surface area contributed by atoms with Crippen LogP contribution < -0.4 is 0 Å². The standard InChI is InChI=1S/C10H16O3/c1-6-3-4-10(12)8(5-6)7(2)13-9(10)11/h6-8,12H,3-5H2,1-2H3. The van der Waals surface area contributed by atoms with E-state index in [1.807, 2.05) is 6.92 Å². The Morgan fingerprint density at radius 2 is 2.23 bits per heavy atom. The van der Waals surface area contributed by atoms with Gasteiger partial charge in [-0.15, -0.1) is 0 Å². The number of carbonyl (C=O) groups excluding carboxylic acids is 1. The molecule has 1 saturated carbocycles. The van der Waals surface area contributed by atoms with Gasteiger partial charge in [-0.1, -0.05) is 6.92 Å². The van der Waals surface area contributed by atoms with Crippen LogP contribution in [0.5, 0.6) is 0 Å². The second kappa shape index (κ2) is 2.71. The quantitative estimate of drug-likeness (QED) is 0.573. The Morgan fingerprint density at radius 1 is 1.54 bits per heavy atom. The summed E-state index contributed by atoms with van der Waals surface area (Å²) in [4.78, 5) is 11.4. The van der Waals surface area contributed by atoms with E-state index in [0.717, 1.165) is 12.8 Å². The van der Waals surface area contributed by atoms with Crippen molar-refractivity contribution in [2.45, 2.75) is 44.8 Å². The molecule has 4 unspecified atom stereocenters. The molecule has 2 aliphatic rings. The first-order chi connectivity index (χ1) is 6.04. The number of fused-ring (bicyclic) bond motifs is 1. The Kier molecular flexibility index (Phi) is 1.88. The van der Waals surface area contributed by atoms with E-state index in [-0.39, 0.29) is 12.0 Å². The molecule has 2 rings (SSSR count). The van der Waals surface area contributed by atoms with Crippen LogP contribution in [0.2, 0.25) is 0 Å². The fourth-order valence-corrected chi connectivity index (χ4v) is 2.58. The van der Waals surface area contributed by atoms with Crippen LogP contribution in [-0.2, 0) is 9.53 Å². The minimum atomic E-state index is -1.16. The molecule has 0 spiro atoms. The van der Waals surface area contributed by atoms with Crippen LogP contribution in [0, 0.1) is 11.8 Å². The van der Waals surface area contributed by atoms with Crippen molar-refractivity contribution in [1.82, 2.24) is 0 Å². The lowest BCUT2D eigenvalue weighted by atomic mass is 9.71. The number of hydrogen-bond acceptors (Lipinski definition) is 3. The average Bonchev–Trinajstić information content (AvgIpc) is 2.28. The number of hydrogen-bond donors (Lipinski definition) is 1. The second-order valence-electron chi connectivity index (χ2n) is 4.52. The predicted octanol–water partition coefficient (Wildman–Crippen LogP) is 1.10. The lowest BCUT2D eigenvalue weighted by Gasteiger charge is -2.34. The summed E-state index contributed by atoms with van der Waals surface area (Å²) in [6.07, 6.45) is 2.29. The van der Waals surface area contributed by atoms with Crippen LogP contribution in [0.3, 0.4) is 0 Å². The fourth-order valence-electron chi connectivity index (χ4n) is 2.58. The lowest BCUT2D eigenvalue weighted by Crippen LogP contribution is -2.45. The van der Waals surface area contributed by atoms with Gasteiger partial charge in [-0.3, -0.25) is 0 Å². The zero-order valence-corrected chi connectivity index (χ0v) is 8.12. The molecule has 1 heterocycles. The van der Waals surface area contributed by atoms with Crippen LogP contribution in [0.25, 0.3) is 0 Å². The smallest absolute Gasteiger partial charge is 0.338 e. The van der Waals surface area contributed by atoms with Gasteiger partial charge in [0.1, 0.15) is 6.10 Å². The number of esters is 1. The fraction of sp³-hybridized carbons (Fsp3) is 0.900. The van der Waals surface area contributed by atoms with E-state index in [4.69, 9.17) is 4.74 Å². The van der Waals surface area contributed by atoms with Crippen molar-refractivity contribution in [2.75, 3.05) is 0 Å².